The molecule has 2 heterocycles. The summed E-state index contributed by atoms with van der Waals surface area (Å²) < 4.78 is 42.4. The minimum Gasteiger partial charge on any atom is -0.493 e. The molecule has 7 nitrogen and oxygen atoms in total. The molecule has 1 aromatic carbocycles. The first kappa shape index (κ1) is 17.3. The van der Waals surface area contributed by atoms with Gasteiger partial charge in [-0.05, 0) is 41.1 Å². The summed E-state index contributed by atoms with van der Waals surface area (Å²) in [4.78, 5) is 0. The Labute approximate surface area is 149 Å². The van der Waals surface area contributed by atoms with Crippen molar-refractivity contribution in [2.45, 2.75) is 20.1 Å². The Morgan fingerprint density at radius 3 is 2.68 bits per heavy atom. The van der Waals surface area contributed by atoms with Crippen LogP contribution in [0.3, 0.4) is 0 Å². The van der Waals surface area contributed by atoms with E-state index in [4.69, 9.17) is 9.15 Å². The lowest BCUT2D eigenvalue weighted by atomic mass is 10.2. The fourth-order valence-corrected chi connectivity index (χ4v) is 2.71. The third kappa shape index (κ3) is 3.48. The molecule has 132 valence electrons. The van der Waals surface area contributed by atoms with Gasteiger partial charge in [0.15, 0.2) is 11.5 Å². The molecule has 0 atom stereocenters. The van der Waals surface area contributed by atoms with E-state index in [-0.39, 0.29) is 23.3 Å². The highest BCUT2D eigenvalue weighted by molar-refractivity contribution is 9.10. The summed E-state index contributed by atoms with van der Waals surface area (Å²) in [6, 6.07) is 4.38. The molecule has 10 heteroatoms. The third-order valence-corrected chi connectivity index (χ3v) is 3.93. The van der Waals surface area contributed by atoms with Crippen LogP contribution in [0.15, 0.2) is 33.3 Å². The number of hydrogen-bond acceptors (Lipinski definition) is 6. The highest BCUT2D eigenvalue weighted by atomic mass is 79.9. The molecule has 0 unspecified atom stereocenters. The molecule has 0 aliphatic carbocycles. The van der Waals surface area contributed by atoms with Crippen LogP contribution in [0.25, 0.3) is 23.0 Å². The average molecular weight is 415 g/mol. The van der Waals surface area contributed by atoms with Gasteiger partial charge in [0.2, 0.25) is 5.89 Å². The van der Waals surface area contributed by atoms with Crippen LogP contribution in [0, 0.1) is 0 Å². The van der Waals surface area contributed by atoms with Crippen molar-refractivity contribution in [1.82, 2.24) is 20.0 Å². The molecule has 3 aromatic rings. The summed E-state index contributed by atoms with van der Waals surface area (Å²) >= 11 is 3.40. The van der Waals surface area contributed by atoms with Crippen LogP contribution in [0.4, 0.5) is 8.78 Å². The van der Waals surface area contributed by atoms with Crippen LogP contribution >= 0.6 is 15.9 Å². The Bertz CT molecular complexity index is 882. The molecule has 0 aliphatic rings. The number of aryl methyl sites for hydroxylation is 1. The second-order valence-corrected chi connectivity index (χ2v) is 5.67. The van der Waals surface area contributed by atoms with Gasteiger partial charge in [-0.15, -0.1) is 10.2 Å². The van der Waals surface area contributed by atoms with Gasteiger partial charge in [0.1, 0.15) is 5.69 Å². The Morgan fingerprint density at radius 1 is 1.24 bits per heavy atom. The van der Waals surface area contributed by atoms with Crippen molar-refractivity contribution in [3.05, 3.63) is 28.9 Å². The average Bonchev–Trinajstić information content (AvgIpc) is 3.20. The number of hydrogen-bond donors (Lipinski definition) is 0. The second kappa shape index (κ2) is 7.18. The summed E-state index contributed by atoms with van der Waals surface area (Å²) in [5, 5.41) is 12.2. The summed E-state index contributed by atoms with van der Waals surface area (Å²) in [5.41, 5.74) is 1.17. The Morgan fingerprint density at radius 2 is 2.00 bits per heavy atom. The summed E-state index contributed by atoms with van der Waals surface area (Å²) in [7, 11) is 1.35. The molecule has 3 rings (SSSR count). The number of aromatic nitrogens is 4. The van der Waals surface area contributed by atoms with Gasteiger partial charge in [-0.1, -0.05) is 0 Å². The number of ether oxygens (including phenoxy) is 2. The molecule has 0 saturated carbocycles. The van der Waals surface area contributed by atoms with Crippen molar-refractivity contribution in [3.8, 4) is 34.5 Å². The van der Waals surface area contributed by atoms with Crippen LogP contribution < -0.4 is 9.47 Å². The largest absolute Gasteiger partial charge is 0.493 e. The van der Waals surface area contributed by atoms with Crippen LogP contribution in [-0.4, -0.2) is 33.7 Å². The van der Waals surface area contributed by atoms with E-state index in [9.17, 15) is 8.78 Å². The molecule has 0 aliphatic heterocycles. The fourth-order valence-electron chi connectivity index (χ4n) is 2.24. The monoisotopic (exact) mass is 414 g/mol. The first-order valence-electron chi connectivity index (χ1n) is 7.21. The van der Waals surface area contributed by atoms with Crippen LogP contribution in [0.2, 0.25) is 0 Å². The van der Waals surface area contributed by atoms with Gasteiger partial charge in [0.05, 0.1) is 17.8 Å². The van der Waals surface area contributed by atoms with E-state index >= 15 is 0 Å². The van der Waals surface area contributed by atoms with Crippen LogP contribution in [-0.2, 0) is 6.54 Å². The highest BCUT2D eigenvalue weighted by Crippen LogP contribution is 2.34. The zero-order valence-corrected chi connectivity index (χ0v) is 14.8. The second-order valence-electron chi connectivity index (χ2n) is 4.81. The zero-order chi connectivity index (χ0) is 18.0. The van der Waals surface area contributed by atoms with Gasteiger partial charge in [-0.3, -0.25) is 4.68 Å². The smallest absolute Gasteiger partial charge is 0.387 e. The maximum atomic E-state index is 12.4. The van der Waals surface area contributed by atoms with Crippen molar-refractivity contribution in [1.29, 1.82) is 0 Å². The van der Waals surface area contributed by atoms with Gasteiger partial charge in [-0.2, -0.15) is 13.9 Å². The van der Waals surface area contributed by atoms with E-state index in [1.54, 1.807) is 10.9 Å². The lowest BCUT2D eigenvalue weighted by Gasteiger charge is -2.10. The van der Waals surface area contributed by atoms with Crippen molar-refractivity contribution in [3.63, 3.8) is 0 Å². The number of benzene rings is 1. The molecular weight excluding hydrogens is 402 g/mol. The van der Waals surface area contributed by atoms with Gasteiger partial charge >= 0.3 is 6.61 Å². The lowest BCUT2D eigenvalue weighted by molar-refractivity contribution is -0.0512. The van der Waals surface area contributed by atoms with E-state index in [0.717, 1.165) is 4.47 Å². The van der Waals surface area contributed by atoms with E-state index in [1.807, 2.05) is 6.92 Å². The SMILES string of the molecule is CCn1ncc(Br)c1-c1nnc(-c2ccc(OC(F)F)c(OC)c2)o1. The minimum absolute atomic E-state index is 0.0761. The molecule has 0 fully saturated rings. The van der Waals surface area contributed by atoms with E-state index in [1.165, 1.54) is 25.3 Å². The zero-order valence-electron chi connectivity index (χ0n) is 13.2. The molecule has 0 saturated heterocycles. The molecule has 0 radical (unpaired) electrons. The number of methoxy groups -OCH3 is 1. The van der Waals surface area contributed by atoms with Gasteiger partial charge in [0, 0.05) is 12.1 Å². The number of rotatable bonds is 6. The van der Waals surface area contributed by atoms with Gasteiger partial charge < -0.3 is 13.9 Å². The number of alkyl halides is 2. The molecule has 0 bridgehead atoms. The van der Waals surface area contributed by atoms with Crippen molar-refractivity contribution in [2.24, 2.45) is 0 Å². The lowest BCUT2D eigenvalue weighted by Crippen LogP contribution is -2.03. The fraction of sp³-hybridized carbons (Fsp3) is 0.267. The molecule has 25 heavy (non-hydrogen) atoms. The Kier molecular flexibility index (Phi) is 4.98. The summed E-state index contributed by atoms with van der Waals surface area (Å²) in [6.07, 6.45) is 1.64. The van der Waals surface area contributed by atoms with E-state index < -0.39 is 6.61 Å². The van der Waals surface area contributed by atoms with Crippen molar-refractivity contribution in [2.75, 3.05) is 7.11 Å². The van der Waals surface area contributed by atoms with Crippen LogP contribution in [0.5, 0.6) is 11.5 Å². The first-order chi connectivity index (χ1) is 12.0. The standard InChI is InChI=1S/C15H13BrF2N4O3/c1-3-22-12(9(16)7-19-22)14-21-20-13(25-14)8-4-5-10(24-15(17)18)11(6-8)23-2/h4-7,15H,3H2,1-2H3. The third-order valence-electron chi connectivity index (χ3n) is 3.35. The van der Waals surface area contributed by atoms with Crippen LogP contribution in [0.1, 0.15) is 6.92 Å². The van der Waals surface area contributed by atoms with Gasteiger partial charge in [-0.25, -0.2) is 0 Å². The predicted molar refractivity (Wildman–Crippen MR) is 87.5 cm³/mol. The van der Waals surface area contributed by atoms with Gasteiger partial charge in [0.25, 0.3) is 5.89 Å². The molecule has 0 amide bonds. The quantitative estimate of drug-likeness (QED) is 0.606. The first-order valence-corrected chi connectivity index (χ1v) is 8.01. The van der Waals surface area contributed by atoms with E-state index in [2.05, 4.69) is 36.0 Å². The summed E-state index contributed by atoms with van der Waals surface area (Å²) in [6.45, 7) is -0.375. The van der Waals surface area contributed by atoms with E-state index in [0.29, 0.717) is 17.8 Å². The number of nitrogens with zero attached hydrogens (tertiary/aromatic N) is 4. The number of halogens is 3. The topological polar surface area (TPSA) is 75.2 Å². The normalized spacial score (nSPS) is 11.1. The summed E-state index contributed by atoms with van der Waals surface area (Å²) in [5.74, 6) is 0.561. The maximum absolute atomic E-state index is 12.4. The molecule has 2 aromatic heterocycles. The minimum atomic E-state index is -2.94. The molecule has 0 spiro atoms. The molecule has 0 N–H and O–H groups in total. The Hall–Kier alpha value is -2.49. The maximum Gasteiger partial charge on any atom is 0.387 e. The highest BCUT2D eigenvalue weighted by Gasteiger charge is 2.19. The Balaban J connectivity index is 1.96. The molecular formula is C15H13BrF2N4O3. The van der Waals surface area contributed by atoms with Crippen molar-refractivity contribution < 1.29 is 22.7 Å². The predicted octanol–water partition coefficient (Wildman–Crippen LogP) is 3.99. The van der Waals surface area contributed by atoms with Crippen molar-refractivity contribution >= 4 is 15.9 Å².